The summed E-state index contributed by atoms with van der Waals surface area (Å²) in [5.41, 5.74) is 3.73. The van der Waals surface area contributed by atoms with Crippen molar-refractivity contribution in [2.45, 2.75) is 39.0 Å². The van der Waals surface area contributed by atoms with Crippen LogP contribution in [0.1, 0.15) is 43.3 Å². The van der Waals surface area contributed by atoms with Crippen LogP contribution in [0, 0.1) is 0 Å². The Balaban J connectivity index is 1.59. The fraction of sp³-hybridized carbons (Fsp3) is 0.364. The van der Waals surface area contributed by atoms with Gasteiger partial charge in [0.2, 0.25) is 12.1 Å². The van der Waals surface area contributed by atoms with Crippen molar-refractivity contribution in [2.24, 2.45) is 0 Å². The molecule has 4 aromatic rings. The van der Waals surface area contributed by atoms with E-state index in [9.17, 15) is 0 Å². The first-order valence-electron chi connectivity index (χ1n) is 10.5. The zero-order valence-corrected chi connectivity index (χ0v) is 18.4. The standard InChI is InChI=1S/C22H26N8O2/c1-4-5-12-30-19(24-21(27-30)22(31-2)32-3)13-15-10-11-18(23-14-15)16-8-6-7-9-17(16)20-25-28-29-26-20/h6-11,14,22H,4-5,12-13H2,1-3H3,(H,25,26,28,29). The highest BCUT2D eigenvalue weighted by atomic mass is 16.7. The molecule has 4 rings (SSSR count). The molecule has 166 valence electrons. The van der Waals surface area contributed by atoms with E-state index >= 15 is 0 Å². The largest absolute Gasteiger partial charge is 0.349 e. The normalized spacial score (nSPS) is 11.4. The van der Waals surface area contributed by atoms with Crippen LogP contribution >= 0.6 is 0 Å². The Bertz CT molecular complexity index is 1120. The number of rotatable bonds is 10. The quantitative estimate of drug-likeness (QED) is 0.378. The molecule has 0 aliphatic heterocycles. The first kappa shape index (κ1) is 21.7. The minimum Gasteiger partial charge on any atom is -0.349 e. The third-order valence-electron chi connectivity index (χ3n) is 5.12. The molecule has 0 amide bonds. The summed E-state index contributed by atoms with van der Waals surface area (Å²) in [4.78, 5) is 9.37. The van der Waals surface area contributed by atoms with E-state index in [0.717, 1.165) is 47.6 Å². The number of H-pyrrole nitrogens is 1. The van der Waals surface area contributed by atoms with E-state index in [4.69, 9.17) is 14.5 Å². The number of unbranched alkanes of at least 4 members (excludes halogenated alkanes) is 1. The van der Waals surface area contributed by atoms with E-state index in [1.165, 1.54) is 0 Å². The Morgan fingerprint density at radius 1 is 1.06 bits per heavy atom. The molecule has 1 N–H and O–H groups in total. The highest BCUT2D eigenvalue weighted by Gasteiger charge is 2.19. The molecule has 10 nitrogen and oxygen atoms in total. The van der Waals surface area contributed by atoms with Crippen LogP contribution < -0.4 is 0 Å². The predicted octanol–water partition coefficient (Wildman–Crippen LogP) is 3.20. The van der Waals surface area contributed by atoms with E-state index in [-0.39, 0.29) is 0 Å². The van der Waals surface area contributed by atoms with Gasteiger partial charge in [0, 0.05) is 44.5 Å². The fourth-order valence-electron chi connectivity index (χ4n) is 3.48. The van der Waals surface area contributed by atoms with Crippen molar-refractivity contribution in [3.05, 3.63) is 59.8 Å². The molecule has 10 heteroatoms. The van der Waals surface area contributed by atoms with Gasteiger partial charge in [0.15, 0.2) is 5.82 Å². The van der Waals surface area contributed by atoms with E-state index in [2.05, 4.69) is 43.7 Å². The lowest BCUT2D eigenvalue weighted by Gasteiger charge is -2.08. The molecule has 0 radical (unpaired) electrons. The average molecular weight is 435 g/mol. The van der Waals surface area contributed by atoms with Crippen LogP contribution in [-0.4, -0.2) is 54.6 Å². The molecule has 0 aliphatic rings. The summed E-state index contributed by atoms with van der Waals surface area (Å²) in [6, 6.07) is 11.9. The topological polar surface area (TPSA) is 117 Å². The third-order valence-corrected chi connectivity index (χ3v) is 5.12. The summed E-state index contributed by atoms with van der Waals surface area (Å²) in [6.07, 6.45) is 3.98. The van der Waals surface area contributed by atoms with Gasteiger partial charge in [-0.2, -0.15) is 5.10 Å². The fourth-order valence-corrected chi connectivity index (χ4v) is 3.48. The van der Waals surface area contributed by atoms with Crippen LogP contribution in [0.3, 0.4) is 0 Å². The number of aromatic nitrogens is 8. The van der Waals surface area contributed by atoms with Crippen LogP contribution in [-0.2, 0) is 22.4 Å². The Kier molecular flexibility index (Phi) is 6.93. The second-order valence-corrected chi connectivity index (χ2v) is 7.29. The number of benzene rings is 1. The van der Waals surface area contributed by atoms with Gasteiger partial charge < -0.3 is 9.47 Å². The van der Waals surface area contributed by atoms with Crippen molar-refractivity contribution in [1.29, 1.82) is 0 Å². The van der Waals surface area contributed by atoms with Gasteiger partial charge in [-0.05, 0) is 28.5 Å². The molecule has 3 aromatic heterocycles. The number of ether oxygens (including phenoxy) is 2. The number of tetrazole rings is 1. The monoisotopic (exact) mass is 434 g/mol. The maximum Gasteiger partial charge on any atom is 0.220 e. The zero-order chi connectivity index (χ0) is 22.3. The molecule has 0 atom stereocenters. The number of pyridine rings is 1. The van der Waals surface area contributed by atoms with Gasteiger partial charge in [-0.15, -0.1) is 5.10 Å². The minimum atomic E-state index is -0.584. The van der Waals surface area contributed by atoms with Gasteiger partial charge in [0.25, 0.3) is 0 Å². The van der Waals surface area contributed by atoms with E-state index in [0.29, 0.717) is 18.1 Å². The van der Waals surface area contributed by atoms with Crippen molar-refractivity contribution in [3.8, 4) is 22.6 Å². The van der Waals surface area contributed by atoms with Crippen LogP contribution in [0.2, 0.25) is 0 Å². The van der Waals surface area contributed by atoms with Crippen LogP contribution in [0.5, 0.6) is 0 Å². The number of methoxy groups -OCH3 is 2. The van der Waals surface area contributed by atoms with Crippen molar-refractivity contribution in [2.75, 3.05) is 14.2 Å². The van der Waals surface area contributed by atoms with Gasteiger partial charge >= 0.3 is 0 Å². The molecule has 32 heavy (non-hydrogen) atoms. The van der Waals surface area contributed by atoms with Gasteiger partial charge in [-0.25, -0.2) is 14.8 Å². The molecule has 0 fully saturated rings. The molecule has 0 bridgehead atoms. The number of aryl methyl sites for hydroxylation is 1. The van der Waals surface area contributed by atoms with Gasteiger partial charge in [0.1, 0.15) is 5.82 Å². The average Bonchev–Trinajstić information content (AvgIpc) is 3.50. The maximum atomic E-state index is 5.33. The lowest BCUT2D eigenvalue weighted by Crippen LogP contribution is -2.08. The van der Waals surface area contributed by atoms with Crippen LogP contribution in [0.25, 0.3) is 22.6 Å². The smallest absolute Gasteiger partial charge is 0.220 e. The first-order chi connectivity index (χ1) is 15.7. The summed E-state index contributed by atoms with van der Waals surface area (Å²) in [7, 11) is 3.16. The zero-order valence-electron chi connectivity index (χ0n) is 18.4. The van der Waals surface area contributed by atoms with Crippen molar-refractivity contribution in [3.63, 3.8) is 0 Å². The number of nitrogens with zero attached hydrogens (tertiary/aromatic N) is 7. The molecule has 3 heterocycles. The Hall–Kier alpha value is -3.50. The Morgan fingerprint density at radius 3 is 2.53 bits per heavy atom. The molecule has 1 aromatic carbocycles. The Morgan fingerprint density at radius 2 is 1.88 bits per heavy atom. The van der Waals surface area contributed by atoms with Gasteiger partial charge in [-0.3, -0.25) is 4.98 Å². The highest BCUT2D eigenvalue weighted by molar-refractivity contribution is 5.78. The lowest BCUT2D eigenvalue weighted by molar-refractivity contribution is -0.111. The highest BCUT2D eigenvalue weighted by Crippen LogP contribution is 2.28. The van der Waals surface area contributed by atoms with E-state index in [1.54, 1.807) is 14.2 Å². The summed E-state index contributed by atoms with van der Waals surface area (Å²) < 4.78 is 12.6. The summed E-state index contributed by atoms with van der Waals surface area (Å²) >= 11 is 0. The summed E-state index contributed by atoms with van der Waals surface area (Å²) in [6.45, 7) is 2.95. The summed E-state index contributed by atoms with van der Waals surface area (Å²) in [5.74, 6) is 1.99. The second-order valence-electron chi connectivity index (χ2n) is 7.29. The molecule has 0 unspecified atom stereocenters. The van der Waals surface area contributed by atoms with Crippen molar-refractivity contribution >= 4 is 0 Å². The minimum absolute atomic E-state index is 0.528. The van der Waals surface area contributed by atoms with Crippen LogP contribution in [0.4, 0.5) is 0 Å². The number of hydrogen-bond acceptors (Lipinski definition) is 8. The first-order valence-corrected chi connectivity index (χ1v) is 10.5. The Labute approximate surface area is 186 Å². The van der Waals surface area contributed by atoms with Crippen molar-refractivity contribution < 1.29 is 9.47 Å². The molecule has 0 spiro atoms. The van der Waals surface area contributed by atoms with E-state index in [1.807, 2.05) is 41.2 Å². The SMILES string of the molecule is CCCCn1nc(C(OC)OC)nc1Cc1ccc(-c2ccccc2-c2nnn[nH]2)nc1. The summed E-state index contributed by atoms with van der Waals surface area (Å²) in [5, 5.41) is 18.8. The molecular weight excluding hydrogens is 408 g/mol. The maximum absolute atomic E-state index is 5.33. The molecule has 0 saturated heterocycles. The molecule has 0 saturated carbocycles. The third kappa shape index (κ3) is 4.71. The number of nitrogens with one attached hydrogen (secondary N) is 1. The second kappa shape index (κ2) is 10.2. The van der Waals surface area contributed by atoms with Crippen molar-refractivity contribution in [1.82, 2.24) is 40.4 Å². The van der Waals surface area contributed by atoms with E-state index < -0.39 is 6.29 Å². The molecular formula is C22H26N8O2. The van der Waals surface area contributed by atoms with Gasteiger partial charge in [0.05, 0.1) is 5.69 Å². The van der Waals surface area contributed by atoms with Gasteiger partial charge in [-0.1, -0.05) is 43.7 Å². The molecule has 0 aliphatic carbocycles. The number of hydrogen-bond donors (Lipinski definition) is 1. The number of aromatic amines is 1. The van der Waals surface area contributed by atoms with Crippen LogP contribution in [0.15, 0.2) is 42.6 Å². The lowest BCUT2D eigenvalue weighted by atomic mass is 10.0. The predicted molar refractivity (Wildman–Crippen MR) is 117 cm³/mol.